The second-order valence-corrected chi connectivity index (χ2v) is 3.49. The molecule has 1 aromatic heterocycles. The van der Waals surface area contributed by atoms with Gasteiger partial charge in [-0.25, -0.2) is 4.98 Å². The molecule has 4 nitrogen and oxygen atoms in total. The summed E-state index contributed by atoms with van der Waals surface area (Å²) in [7, 11) is 0. The van der Waals surface area contributed by atoms with Crippen LogP contribution in [0.1, 0.15) is 5.56 Å². The van der Waals surface area contributed by atoms with E-state index >= 15 is 0 Å². The second kappa shape index (κ2) is 5.62. The average molecular weight is 247 g/mol. The molecule has 94 valence electrons. The first kappa shape index (κ1) is 13.4. The fourth-order valence-electron chi connectivity index (χ4n) is 1.11. The molecule has 7 heteroatoms. The van der Waals surface area contributed by atoms with Crippen LogP contribution in [0.25, 0.3) is 0 Å². The van der Waals surface area contributed by atoms with Gasteiger partial charge in [0.15, 0.2) is 0 Å². The van der Waals surface area contributed by atoms with Crippen LogP contribution >= 0.6 is 0 Å². The van der Waals surface area contributed by atoms with Crippen molar-refractivity contribution in [2.24, 2.45) is 0 Å². The van der Waals surface area contributed by atoms with Gasteiger partial charge in [-0.2, -0.15) is 13.2 Å². The lowest BCUT2D eigenvalue weighted by molar-refractivity contribution is -0.126. The van der Waals surface area contributed by atoms with Gasteiger partial charge in [-0.1, -0.05) is 0 Å². The van der Waals surface area contributed by atoms with Crippen molar-refractivity contribution in [2.45, 2.75) is 13.1 Å². The molecule has 0 saturated heterocycles. The van der Waals surface area contributed by atoms with E-state index in [-0.39, 0.29) is 0 Å². The maximum Gasteiger partial charge on any atom is 0.401 e. The van der Waals surface area contributed by atoms with E-state index in [0.29, 0.717) is 5.82 Å². The van der Waals surface area contributed by atoms with E-state index in [1.165, 1.54) is 6.20 Å². The van der Waals surface area contributed by atoms with Crippen LogP contribution in [-0.2, 0) is 4.79 Å². The molecule has 0 aliphatic heterocycles. The summed E-state index contributed by atoms with van der Waals surface area (Å²) in [5.74, 6) is -0.240. The van der Waals surface area contributed by atoms with Gasteiger partial charge in [-0.3, -0.25) is 4.79 Å². The fourth-order valence-corrected chi connectivity index (χ4v) is 1.11. The average Bonchev–Trinajstić information content (AvgIpc) is 2.15. The van der Waals surface area contributed by atoms with Gasteiger partial charge in [0.25, 0.3) is 0 Å². The number of hydrogen-bond acceptors (Lipinski definition) is 3. The van der Waals surface area contributed by atoms with Crippen LogP contribution in [0, 0.1) is 6.92 Å². The van der Waals surface area contributed by atoms with Crippen molar-refractivity contribution in [3.8, 4) is 0 Å². The van der Waals surface area contributed by atoms with E-state index in [9.17, 15) is 18.0 Å². The highest BCUT2D eigenvalue weighted by molar-refractivity contribution is 5.91. The summed E-state index contributed by atoms with van der Waals surface area (Å²) < 4.78 is 35.3. The predicted molar refractivity (Wildman–Crippen MR) is 56.5 cm³/mol. The summed E-state index contributed by atoms with van der Waals surface area (Å²) >= 11 is 0. The molecule has 1 aromatic rings. The van der Waals surface area contributed by atoms with Crippen LogP contribution in [0.2, 0.25) is 0 Å². The molecule has 0 fully saturated rings. The number of rotatable bonds is 4. The number of alkyl halides is 3. The molecular weight excluding hydrogens is 235 g/mol. The molecule has 0 aliphatic carbocycles. The lowest BCUT2D eigenvalue weighted by Crippen LogP contribution is -2.35. The van der Waals surface area contributed by atoms with Crippen LogP contribution in [0.15, 0.2) is 18.3 Å². The zero-order valence-electron chi connectivity index (χ0n) is 9.14. The Bertz CT molecular complexity index is 393. The van der Waals surface area contributed by atoms with Crippen LogP contribution in [0.5, 0.6) is 0 Å². The van der Waals surface area contributed by atoms with E-state index in [4.69, 9.17) is 0 Å². The number of halogens is 3. The molecule has 0 unspecified atom stereocenters. The SMILES string of the molecule is Cc1ccnc(NC(=O)CNCC(F)(F)F)c1. The molecule has 1 amide bonds. The Balaban J connectivity index is 2.35. The van der Waals surface area contributed by atoms with Crippen molar-refractivity contribution < 1.29 is 18.0 Å². The molecule has 1 rings (SSSR count). The molecule has 17 heavy (non-hydrogen) atoms. The predicted octanol–water partition coefficient (Wildman–Crippen LogP) is 1.48. The third-order valence-corrected chi connectivity index (χ3v) is 1.79. The van der Waals surface area contributed by atoms with E-state index in [1.54, 1.807) is 12.1 Å². The summed E-state index contributed by atoms with van der Waals surface area (Å²) in [4.78, 5) is 15.1. The fraction of sp³-hybridized carbons (Fsp3) is 0.400. The van der Waals surface area contributed by atoms with Crippen molar-refractivity contribution >= 4 is 11.7 Å². The third kappa shape index (κ3) is 5.86. The molecule has 1 heterocycles. The van der Waals surface area contributed by atoms with Crippen molar-refractivity contribution in [2.75, 3.05) is 18.4 Å². The zero-order chi connectivity index (χ0) is 12.9. The van der Waals surface area contributed by atoms with Crippen LogP contribution in [-0.4, -0.2) is 30.2 Å². The first-order chi connectivity index (χ1) is 7.87. The highest BCUT2D eigenvalue weighted by atomic mass is 19.4. The largest absolute Gasteiger partial charge is 0.401 e. The minimum atomic E-state index is -4.32. The molecule has 0 radical (unpaired) electrons. The van der Waals surface area contributed by atoms with Crippen molar-refractivity contribution in [3.63, 3.8) is 0 Å². The number of carbonyl (C=O) groups excluding carboxylic acids is 1. The zero-order valence-corrected chi connectivity index (χ0v) is 9.14. The van der Waals surface area contributed by atoms with Gasteiger partial charge in [0.05, 0.1) is 13.1 Å². The molecule has 2 N–H and O–H groups in total. The number of nitrogens with one attached hydrogen (secondary N) is 2. The van der Waals surface area contributed by atoms with E-state index in [1.807, 2.05) is 12.2 Å². The maximum absolute atomic E-state index is 11.8. The number of aromatic nitrogens is 1. The first-order valence-corrected chi connectivity index (χ1v) is 4.87. The van der Waals surface area contributed by atoms with Crippen LogP contribution in [0.3, 0.4) is 0 Å². The quantitative estimate of drug-likeness (QED) is 0.847. The summed E-state index contributed by atoms with van der Waals surface area (Å²) in [6.45, 7) is 0.218. The number of hydrogen-bond donors (Lipinski definition) is 2. The first-order valence-electron chi connectivity index (χ1n) is 4.87. The smallest absolute Gasteiger partial charge is 0.310 e. The number of carbonyl (C=O) groups is 1. The number of amides is 1. The van der Waals surface area contributed by atoms with Gasteiger partial charge >= 0.3 is 6.18 Å². The number of pyridine rings is 1. The minimum Gasteiger partial charge on any atom is -0.310 e. The Hall–Kier alpha value is -1.63. The molecule has 0 atom stereocenters. The van der Waals surface area contributed by atoms with E-state index in [0.717, 1.165) is 5.56 Å². The lowest BCUT2D eigenvalue weighted by Gasteiger charge is -2.08. The summed E-state index contributed by atoms with van der Waals surface area (Å²) in [6, 6.07) is 3.37. The third-order valence-electron chi connectivity index (χ3n) is 1.79. The van der Waals surface area contributed by atoms with Crippen molar-refractivity contribution in [3.05, 3.63) is 23.9 Å². The summed E-state index contributed by atoms with van der Waals surface area (Å²) in [6.07, 6.45) is -2.81. The van der Waals surface area contributed by atoms with Crippen molar-refractivity contribution in [1.82, 2.24) is 10.3 Å². The van der Waals surface area contributed by atoms with E-state index in [2.05, 4.69) is 10.3 Å². The minimum absolute atomic E-state index is 0.323. The van der Waals surface area contributed by atoms with Crippen molar-refractivity contribution in [1.29, 1.82) is 0 Å². The molecule has 0 saturated carbocycles. The summed E-state index contributed by atoms with van der Waals surface area (Å²) in [5, 5.41) is 4.38. The van der Waals surface area contributed by atoms with Crippen LogP contribution < -0.4 is 10.6 Å². The number of aryl methyl sites for hydroxylation is 1. The van der Waals surface area contributed by atoms with Gasteiger partial charge in [0.2, 0.25) is 5.91 Å². The molecule has 0 aliphatic rings. The highest BCUT2D eigenvalue weighted by Crippen LogP contribution is 2.11. The second-order valence-electron chi connectivity index (χ2n) is 3.49. The Labute approximate surface area is 96.2 Å². The van der Waals surface area contributed by atoms with Gasteiger partial charge in [-0.05, 0) is 24.6 Å². The number of anilines is 1. The topological polar surface area (TPSA) is 54.0 Å². The monoisotopic (exact) mass is 247 g/mol. The highest BCUT2D eigenvalue weighted by Gasteiger charge is 2.26. The molecular formula is C10H12F3N3O. The van der Waals surface area contributed by atoms with Gasteiger partial charge < -0.3 is 10.6 Å². The normalized spacial score (nSPS) is 11.3. The van der Waals surface area contributed by atoms with Crippen LogP contribution in [0.4, 0.5) is 19.0 Å². The number of nitrogens with zero attached hydrogens (tertiary/aromatic N) is 1. The Kier molecular flexibility index (Phi) is 4.45. The molecule has 0 aromatic carbocycles. The van der Waals surface area contributed by atoms with Gasteiger partial charge in [0, 0.05) is 6.20 Å². The summed E-state index contributed by atoms with van der Waals surface area (Å²) in [5.41, 5.74) is 0.901. The lowest BCUT2D eigenvalue weighted by atomic mass is 10.3. The Morgan fingerprint density at radius 2 is 2.18 bits per heavy atom. The maximum atomic E-state index is 11.8. The van der Waals surface area contributed by atoms with Gasteiger partial charge in [-0.15, -0.1) is 0 Å². The Morgan fingerprint density at radius 3 is 2.76 bits per heavy atom. The molecule has 0 bridgehead atoms. The Morgan fingerprint density at radius 1 is 1.47 bits per heavy atom. The van der Waals surface area contributed by atoms with Gasteiger partial charge in [0.1, 0.15) is 5.82 Å². The molecule has 0 spiro atoms. The standard InChI is InChI=1S/C10H12F3N3O/c1-7-2-3-15-8(4-7)16-9(17)5-14-6-10(11,12)13/h2-4,14H,5-6H2,1H3,(H,15,16,17). The van der Waals surface area contributed by atoms with E-state index < -0.39 is 25.2 Å².